The van der Waals surface area contributed by atoms with Crippen molar-refractivity contribution >= 4 is 28.9 Å². The predicted octanol–water partition coefficient (Wildman–Crippen LogP) is 4.05. The molecule has 2 rings (SSSR count). The number of aliphatic hydroxyl groups excluding tert-OH is 1. The lowest BCUT2D eigenvalue weighted by atomic mass is 10.1. The highest BCUT2D eigenvalue weighted by Gasteiger charge is 2.08. The monoisotopic (exact) mass is 296 g/mol. The summed E-state index contributed by atoms with van der Waals surface area (Å²) in [5.74, 6) is 0. The van der Waals surface area contributed by atoms with Gasteiger partial charge in [-0.05, 0) is 19.1 Å². The molecule has 1 heterocycles. The summed E-state index contributed by atoms with van der Waals surface area (Å²) in [6.07, 6.45) is -0.525. The van der Waals surface area contributed by atoms with Gasteiger partial charge in [0.05, 0.1) is 6.10 Å². The third-order valence-corrected chi connectivity index (χ3v) is 3.31. The van der Waals surface area contributed by atoms with E-state index in [9.17, 15) is 5.11 Å². The molecule has 2 aromatic rings. The first-order valence-electron chi connectivity index (χ1n) is 5.89. The number of aromatic nitrogens is 1. The first-order chi connectivity index (χ1) is 9.08. The molecule has 0 amide bonds. The summed E-state index contributed by atoms with van der Waals surface area (Å²) >= 11 is 11.8. The molecule has 2 N–H and O–H groups in total. The van der Waals surface area contributed by atoms with Crippen LogP contribution in [-0.2, 0) is 6.54 Å². The van der Waals surface area contributed by atoms with E-state index in [0.29, 0.717) is 16.9 Å². The molecule has 1 aromatic heterocycles. The second-order valence-corrected chi connectivity index (χ2v) is 4.95. The Kier molecular flexibility index (Phi) is 4.64. The smallest absolute Gasteiger partial charge is 0.135 e. The summed E-state index contributed by atoms with van der Waals surface area (Å²) in [4.78, 5) is 3.98. The van der Waals surface area contributed by atoms with Crippen LogP contribution in [0.4, 0.5) is 5.69 Å². The van der Waals surface area contributed by atoms with E-state index in [0.717, 1.165) is 16.8 Å². The van der Waals surface area contributed by atoms with Crippen LogP contribution in [0, 0.1) is 0 Å². The Morgan fingerprint density at radius 2 is 1.95 bits per heavy atom. The zero-order valence-electron chi connectivity index (χ0n) is 10.4. The highest BCUT2D eigenvalue weighted by molar-refractivity contribution is 6.32. The van der Waals surface area contributed by atoms with Gasteiger partial charge in [-0.3, -0.25) is 0 Å². The lowest BCUT2D eigenvalue weighted by Gasteiger charge is -2.14. The largest absolute Gasteiger partial charge is 0.389 e. The molecule has 0 bridgehead atoms. The molecule has 5 heteroatoms. The minimum Gasteiger partial charge on any atom is -0.389 e. The zero-order valence-corrected chi connectivity index (χ0v) is 11.9. The van der Waals surface area contributed by atoms with E-state index in [2.05, 4.69) is 10.3 Å². The van der Waals surface area contributed by atoms with Crippen LogP contribution in [-0.4, -0.2) is 10.1 Å². The van der Waals surface area contributed by atoms with Gasteiger partial charge in [-0.2, -0.15) is 0 Å². The summed E-state index contributed by atoms with van der Waals surface area (Å²) in [6.45, 7) is 2.25. The average Bonchev–Trinajstić information content (AvgIpc) is 2.38. The third-order valence-electron chi connectivity index (χ3n) is 2.77. The number of hydrogen-bond acceptors (Lipinski definition) is 3. The topological polar surface area (TPSA) is 45.1 Å². The highest BCUT2D eigenvalue weighted by atomic mass is 35.5. The van der Waals surface area contributed by atoms with Gasteiger partial charge in [-0.1, -0.05) is 47.5 Å². The maximum atomic E-state index is 9.70. The lowest BCUT2D eigenvalue weighted by Crippen LogP contribution is -2.05. The van der Waals surface area contributed by atoms with Crippen LogP contribution in [0.2, 0.25) is 10.3 Å². The highest BCUT2D eigenvalue weighted by Crippen LogP contribution is 2.24. The summed E-state index contributed by atoms with van der Waals surface area (Å²) in [7, 11) is 0. The molecule has 0 saturated carbocycles. The zero-order chi connectivity index (χ0) is 13.8. The van der Waals surface area contributed by atoms with Gasteiger partial charge in [0.2, 0.25) is 0 Å². The van der Waals surface area contributed by atoms with Gasteiger partial charge >= 0.3 is 0 Å². The standard InChI is InChI=1S/C14H14Cl2N2O/c1-9(19)11-4-2-3-5-12(11)17-8-10-6-7-13(15)18-14(10)16/h2-7,9,17,19H,8H2,1H3. The number of pyridine rings is 1. The van der Waals surface area contributed by atoms with Crippen molar-refractivity contribution in [3.63, 3.8) is 0 Å². The fourth-order valence-corrected chi connectivity index (χ4v) is 2.20. The molecule has 1 unspecified atom stereocenters. The minimum absolute atomic E-state index is 0.373. The molecule has 0 spiro atoms. The summed E-state index contributed by atoms with van der Waals surface area (Å²) in [5.41, 5.74) is 2.58. The first-order valence-corrected chi connectivity index (χ1v) is 6.65. The van der Waals surface area contributed by atoms with Crippen LogP contribution in [0.1, 0.15) is 24.2 Å². The third kappa shape index (κ3) is 3.60. The Balaban J connectivity index is 2.14. The lowest BCUT2D eigenvalue weighted by molar-refractivity contribution is 0.200. The molecule has 0 aliphatic carbocycles. The van der Waals surface area contributed by atoms with Gasteiger partial charge < -0.3 is 10.4 Å². The van der Waals surface area contributed by atoms with Crippen LogP contribution in [0.5, 0.6) is 0 Å². The van der Waals surface area contributed by atoms with E-state index < -0.39 is 6.10 Å². The normalized spacial score (nSPS) is 12.2. The maximum absolute atomic E-state index is 9.70. The predicted molar refractivity (Wildman–Crippen MR) is 78.7 cm³/mol. The quantitative estimate of drug-likeness (QED) is 0.837. The van der Waals surface area contributed by atoms with Crippen molar-refractivity contribution in [2.75, 3.05) is 5.32 Å². The summed E-state index contributed by atoms with van der Waals surface area (Å²) < 4.78 is 0. The molecule has 19 heavy (non-hydrogen) atoms. The van der Waals surface area contributed by atoms with Crippen molar-refractivity contribution in [1.82, 2.24) is 4.98 Å². The Hall–Kier alpha value is -1.29. The van der Waals surface area contributed by atoms with Crippen LogP contribution in [0.25, 0.3) is 0 Å². The molecular weight excluding hydrogens is 283 g/mol. The summed E-state index contributed by atoms with van der Waals surface area (Å²) in [5, 5.41) is 13.7. The van der Waals surface area contributed by atoms with Crippen molar-refractivity contribution in [2.24, 2.45) is 0 Å². The summed E-state index contributed by atoms with van der Waals surface area (Å²) in [6, 6.07) is 11.1. The van der Waals surface area contributed by atoms with Gasteiger partial charge in [-0.15, -0.1) is 0 Å². The average molecular weight is 297 g/mol. The van der Waals surface area contributed by atoms with Gasteiger partial charge in [0, 0.05) is 23.4 Å². The first kappa shape index (κ1) is 14.1. The number of hydrogen-bond donors (Lipinski definition) is 2. The van der Waals surface area contributed by atoms with E-state index in [1.165, 1.54) is 0 Å². The van der Waals surface area contributed by atoms with Gasteiger partial charge in [-0.25, -0.2) is 4.98 Å². The fourth-order valence-electron chi connectivity index (χ4n) is 1.79. The number of rotatable bonds is 4. The number of aliphatic hydroxyl groups is 1. The Morgan fingerprint density at radius 3 is 2.63 bits per heavy atom. The Bertz CT molecular complexity index is 573. The van der Waals surface area contributed by atoms with Gasteiger partial charge in [0.1, 0.15) is 10.3 Å². The van der Waals surface area contributed by atoms with Crippen LogP contribution < -0.4 is 5.32 Å². The Morgan fingerprint density at radius 1 is 1.21 bits per heavy atom. The molecule has 100 valence electrons. The molecule has 0 fully saturated rings. The second-order valence-electron chi connectivity index (χ2n) is 4.20. The van der Waals surface area contributed by atoms with Gasteiger partial charge in [0.25, 0.3) is 0 Å². The molecule has 1 atom stereocenters. The van der Waals surface area contributed by atoms with Crippen molar-refractivity contribution in [3.05, 3.63) is 57.8 Å². The van der Waals surface area contributed by atoms with E-state index >= 15 is 0 Å². The van der Waals surface area contributed by atoms with Crippen LogP contribution in [0.3, 0.4) is 0 Å². The van der Waals surface area contributed by atoms with E-state index in [1.807, 2.05) is 30.3 Å². The second kappa shape index (κ2) is 6.24. The number of anilines is 1. The molecule has 0 radical (unpaired) electrons. The number of halogens is 2. The molecule has 0 saturated heterocycles. The molecular formula is C14H14Cl2N2O. The van der Waals surface area contributed by atoms with E-state index in [1.54, 1.807) is 13.0 Å². The molecule has 1 aromatic carbocycles. The molecule has 0 aliphatic heterocycles. The van der Waals surface area contributed by atoms with Crippen molar-refractivity contribution in [1.29, 1.82) is 0 Å². The fraction of sp³-hybridized carbons (Fsp3) is 0.214. The molecule has 0 aliphatic rings. The molecule has 3 nitrogen and oxygen atoms in total. The number of benzene rings is 1. The SMILES string of the molecule is CC(O)c1ccccc1NCc1ccc(Cl)nc1Cl. The number of para-hydroxylation sites is 1. The number of nitrogens with one attached hydrogen (secondary N) is 1. The van der Waals surface area contributed by atoms with Crippen LogP contribution >= 0.6 is 23.2 Å². The maximum Gasteiger partial charge on any atom is 0.135 e. The minimum atomic E-state index is -0.525. The Labute approximate surface area is 122 Å². The van der Waals surface area contributed by atoms with Crippen molar-refractivity contribution < 1.29 is 5.11 Å². The van der Waals surface area contributed by atoms with Crippen molar-refractivity contribution in [2.45, 2.75) is 19.6 Å². The van der Waals surface area contributed by atoms with E-state index in [-0.39, 0.29) is 0 Å². The van der Waals surface area contributed by atoms with Crippen molar-refractivity contribution in [3.8, 4) is 0 Å². The van der Waals surface area contributed by atoms with Gasteiger partial charge in [0.15, 0.2) is 0 Å². The number of nitrogens with zero attached hydrogens (tertiary/aromatic N) is 1. The van der Waals surface area contributed by atoms with E-state index in [4.69, 9.17) is 23.2 Å². The van der Waals surface area contributed by atoms with Crippen LogP contribution in [0.15, 0.2) is 36.4 Å².